The minimum atomic E-state index is -1.24. The minimum absolute atomic E-state index is 0.0849. The van der Waals surface area contributed by atoms with Crippen LogP contribution in [0, 0.1) is 5.21 Å². The van der Waals surface area contributed by atoms with Gasteiger partial charge in [-0.3, -0.25) is 4.79 Å². The molecule has 0 radical (unpaired) electrons. The Balaban J connectivity index is 2.96. The molecule has 15 heavy (non-hydrogen) atoms. The van der Waals surface area contributed by atoms with Crippen LogP contribution in [-0.4, -0.2) is 18.6 Å². The number of carbonyl (C=O) groups is 1. The molecule has 0 saturated carbocycles. The summed E-state index contributed by atoms with van der Waals surface area (Å²) in [6, 6.07) is 3.10. The van der Waals surface area contributed by atoms with Crippen molar-refractivity contribution in [3.05, 3.63) is 35.3 Å². The highest BCUT2D eigenvalue weighted by molar-refractivity contribution is 5.80. The van der Waals surface area contributed by atoms with Gasteiger partial charge in [0.1, 0.15) is 6.91 Å². The Kier molecular flexibility index (Phi) is 2.82. The van der Waals surface area contributed by atoms with E-state index in [1.807, 2.05) is 0 Å². The molecule has 5 heteroatoms. The van der Waals surface area contributed by atoms with Crippen molar-refractivity contribution in [3.63, 3.8) is 0 Å². The normalized spacial score (nSPS) is 15.3. The monoisotopic (exact) mass is 211 g/mol. The number of ether oxygens (including phenoxy) is 1. The van der Waals surface area contributed by atoms with E-state index < -0.39 is 11.5 Å². The molecule has 1 aromatic rings. The number of aromatic nitrogens is 1. The van der Waals surface area contributed by atoms with Crippen molar-refractivity contribution in [1.82, 2.24) is 0 Å². The third-order valence-corrected chi connectivity index (χ3v) is 1.98. The first-order valence-electron chi connectivity index (χ1n) is 4.93. The first-order valence-corrected chi connectivity index (χ1v) is 4.43. The van der Waals surface area contributed by atoms with E-state index in [0.717, 1.165) is 0 Å². The molecule has 1 atom stereocenters. The summed E-state index contributed by atoms with van der Waals surface area (Å²) >= 11 is 0. The van der Waals surface area contributed by atoms with Crippen molar-refractivity contribution in [1.29, 1.82) is 0 Å². The lowest BCUT2D eigenvalue weighted by atomic mass is 9.95. The second-order valence-electron chi connectivity index (χ2n) is 3.56. The average molecular weight is 211 g/mol. The van der Waals surface area contributed by atoms with E-state index in [1.54, 1.807) is 6.07 Å². The maximum atomic E-state index is 11.3. The highest BCUT2D eigenvalue weighted by atomic mass is 16.5. The number of hydrogen-bond donors (Lipinski definition) is 1. The maximum Gasteiger partial charge on any atom is 0.325 e. The largest absolute Gasteiger partial charge is 0.619 e. The van der Waals surface area contributed by atoms with Crippen LogP contribution in [0.5, 0.6) is 0 Å². The lowest BCUT2D eigenvalue weighted by Gasteiger charge is -2.20. The molecule has 2 N–H and O–H groups in total. The van der Waals surface area contributed by atoms with Crippen molar-refractivity contribution >= 4 is 5.97 Å². The van der Waals surface area contributed by atoms with Crippen molar-refractivity contribution in [2.24, 2.45) is 5.73 Å². The van der Waals surface area contributed by atoms with Gasteiger partial charge in [-0.25, -0.2) is 0 Å². The van der Waals surface area contributed by atoms with Crippen LogP contribution < -0.4 is 10.5 Å². The van der Waals surface area contributed by atoms with Crippen LogP contribution in [0.2, 0.25) is 0 Å². The van der Waals surface area contributed by atoms with Crippen LogP contribution in [-0.2, 0) is 16.0 Å². The van der Waals surface area contributed by atoms with Gasteiger partial charge in [0.15, 0.2) is 12.4 Å². The second-order valence-corrected chi connectivity index (χ2v) is 3.56. The molecule has 0 aliphatic heterocycles. The topological polar surface area (TPSA) is 79.3 Å². The Morgan fingerprint density at radius 1 is 1.87 bits per heavy atom. The van der Waals surface area contributed by atoms with Crippen molar-refractivity contribution < 1.29 is 15.6 Å². The zero-order valence-electron chi connectivity index (χ0n) is 9.69. The van der Waals surface area contributed by atoms with Gasteiger partial charge in [0, 0.05) is 18.1 Å². The summed E-state index contributed by atoms with van der Waals surface area (Å²) in [5.41, 5.74) is 4.93. The van der Waals surface area contributed by atoms with Gasteiger partial charge < -0.3 is 15.7 Å². The van der Waals surface area contributed by atoms with Gasteiger partial charge in [0.25, 0.3) is 0 Å². The smallest absolute Gasteiger partial charge is 0.325 e. The number of rotatable bonds is 3. The third kappa shape index (κ3) is 2.92. The SMILES string of the molecule is [2H]c1c(C[C@](C)(N)C(=O)OC)ccc[n+]1[O-]. The Morgan fingerprint density at radius 2 is 2.53 bits per heavy atom. The molecule has 1 heterocycles. The molecular formula is C10H14N2O3. The summed E-state index contributed by atoms with van der Waals surface area (Å²) in [6.45, 7) is 1.50. The number of pyridine rings is 1. The van der Waals surface area contributed by atoms with Crippen LogP contribution in [0.4, 0.5) is 0 Å². The molecule has 0 aromatic carbocycles. The Morgan fingerprint density at radius 3 is 3.13 bits per heavy atom. The van der Waals surface area contributed by atoms with E-state index in [2.05, 4.69) is 4.74 Å². The highest BCUT2D eigenvalue weighted by Crippen LogP contribution is 2.10. The Hall–Kier alpha value is -1.62. The lowest BCUT2D eigenvalue weighted by molar-refractivity contribution is -0.605. The van der Waals surface area contributed by atoms with E-state index in [4.69, 9.17) is 7.10 Å². The third-order valence-electron chi connectivity index (χ3n) is 1.98. The summed E-state index contributed by atoms with van der Waals surface area (Å²) in [4.78, 5) is 11.3. The zero-order valence-corrected chi connectivity index (χ0v) is 8.69. The zero-order chi connectivity index (χ0) is 12.3. The van der Waals surface area contributed by atoms with Crippen molar-refractivity contribution in [2.45, 2.75) is 18.9 Å². The Bertz CT molecular complexity index is 407. The first kappa shape index (κ1) is 9.92. The van der Waals surface area contributed by atoms with E-state index in [0.29, 0.717) is 10.3 Å². The summed E-state index contributed by atoms with van der Waals surface area (Å²) in [5, 5.41) is 11.1. The molecule has 0 aliphatic rings. The average Bonchev–Trinajstić information content (AvgIpc) is 2.23. The number of methoxy groups -OCH3 is 1. The fraction of sp³-hybridized carbons (Fsp3) is 0.400. The quantitative estimate of drug-likeness (QED) is 0.425. The maximum absolute atomic E-state index is 11.3. The van der Waals surface area contributed by atoms with E-state index in [1.165, 1.54) is 26.3 Å². The standard InChI is InChI=1S/C10H14N2O3/c1-10(11,9(13)15-2)6-8-4-3-5-12(14)7-8/h3-5,7H,6,11H2,1-2H3/t10-/m0/s1/i7D. The van der Waals surface area contributed by atoms with Gasteiger partial charge in [-0.15, -0.1) is 0 Å². The van der Waals surface area contributed by atoms with Crippen LogP contribution in [0.15, 0.2) is 24.5 Å². The molecule has 0 saturated heterocycles. The van der Waals surface area contributed by atoms with Crippen LogP contribution >= 0.6 is 0 Å². The number of hydrogen-bond acceptors (Lipinski definition) is 4. The predicted octanol–water partition coefficient (Wildman–Crippen LogP) is -0.247. The molecule has 5 nitrogen and oxygen atoms in total. The minimum Gasteiger partial charge on any atom is -0.619 e. The molecule has 1 rings (SSSR count). The van der Waals surface area contributed by atoms with E-state index in [9.17, 15) is 10.0 Å². The van der Waals surface area contributed by atoms with Gasteiger partial charge in [-0.05, 0) is 13.0 Å². The van der Waals surface area contributed by atoms with Crippen LogP contribution in [0.1, 0.15) is 13.9 Å². The number of nitrogens with two attached hydrogens (primary N) is 1. The van der Waals surface area contributed by atoms with Gasteiger partial charge in [0.2, 0.25) is 0 Å². The van der Waals surface area contributed by atoms with E-state index >= 15 is 0 Å². The molecule has 0 unspecified atom stereocenters. The van der Waals surface area contributed by atoms with Crippen LogP contribution in [0.3, 0.4) is 0 Å². The Labute approximate surface area is 89.5 Å². The molecule has 0 amide bonds. The van der Waals surface area contributed by atoms with Gasteiger partial charge in [0.05, 0.1) is 7.11 Å². The number of nitrogens with zero attached hydrogens (tertiary/aromatic N) is 1. The lowest BCUT2D eigenvalue weighted by Crippen LogP contribution is -2.48. The molecule has 0 spiro atoms. The second kappa shape index (κ2) is 4.27. The highest BCUT2D eigenvalue weighted by Gasteiger charge is 2.30. The summed E-state index contributed by atoms with van der Waals surface area (Å²) in [7, 11) is 1.24. The van der Waals surface area contributed by atoms with Gasteiger partial charge >= 0.3 is 5.97 Å². The molecular weight excluding hydrogens is 196 g/mol. The number of esters is 1. The summed E-state index contributed by atoms with van der Waals surface area (Å²) in [5.74, 6) is -0.576. The fourth-order valence-corrected chi connectivity index (χ4v) is 1.25. The fourth-order valence-electron chi connectivity index (χ4n) is 1.25. The van der Waals surface area contributed by atoms with E-state index in [-0.39, 0.29) is 12.6 Å². The predicted molar refractivity (Wildman–Crippen MR) is 53.7 cm³/mol. The molecule has 1 aromatic heterocycles. The van der Waals surface area contributed by atoms with Gasteiger partial charge in [-0.2, -0.15) is 4.73 Å². The summed E-state index contributed by atoms with van der Waals surface area (Å²) in [6.07, 6.45) is 1.10. The molecule has 0 aliphatic carbocycles. The molecule has 0 fully saturated rings. The first-order chi connectivity index (χ1) is 7.38. The number of carbonyl (C=O) groups excluding carboxylic acids is 1. The molecule has 82 valence electrons. The van der Waals surface area contributed by atoms with Gasteiger partial charge in [-0.1, -0.05) is 0 Å². The van der Waals surface area contributed by atoms with Crippen molar-refractivity contribution in [3.8, 4) is 0 Å². The van der Waals surface area contributed by atoms with Crippen molar-refractivity contribution in [2.75, 3.05) is 7.11 Å². The van der Waals surface area contributed by atoms with Crippen LogP contribution in [0.25, 0.3) is 0 Å². The molecule has 0 bridgehead atoms. The summed E-state index contributed by atoms with van der Waals surface area (Å²) < 4.78 is 12.5.